The number of para-hydroxylation sites is 1. The van der Waals surface area contributed by atoms with Crippen molar-refractivity contribution in [3.8, 4) is 51.5 Å². The molecule has 9 aromatic rings. The molecule has 276 valence electrons. The topological polar surface area (TPSA) is 71.7 Å². The molecule has 0 aliphatic carbocycles. The molecule has 0 unspecified atom stereocenters. The average molecular weight is 752 g/mol. The molecule has 0 N–H and O–H groups in total. The van der Waals surface area contributed by atoms with Crippen LogP contribution in [0.1, 0.15) is 16.7 Å². The van der Waals surface area contributed by atoms with E-state index in [0.29, 0.717) is 29.0 Å². The van der Waals surface area contributed by atoms with Crippen LogP contribution in [0, 0.1) is 20.8 Å². The van der Waals surface area contributed by atoms with E-state index in [1.54, 1.807) is 0 Å². The van der Waals surface area contributed by atoms with Crippen LogP contribution in [0.5, 0.6) is 11.5 Å². The number of pyridine rings is 1. The maximum atomic E-state index is 6.98. The zero-order chi connectivity index (χ0) is 39.2. The van der Waals surface area contributed by atoms with Gasteiger partial charge in [0.05, 0.1) is 22.7 Å². The number of ether oxygens (including phenoxy) is 1. The lowest BCUT2D eigenvalue weighted by Crippen LogP contribution is -2.02. The predicted octanol–water partition coefficient (Wildman–Crippen LogP) is 11.7. The summed E-state index contributed by atoms with van der Waals surface area (Å²) in [7, 11) is 0. The fourth-order valence-corrected chi connectivity index (χ4v) is 7.28. The minimum atomic E-state index is 0.502. The van der Waals surface area contributed by atoms with E-state index >= 15 is 0 Å². The van der Waals surface area contributed by atoms with Gasteiger partial charge in [0.15, 0.2) is 17.5 Å². The molecule has 8 nitrogen and oxygen atoms in total. The molecule has 10 rings (SSSR count). The molecule has 0 radical (unpaired) electrons. The van der Waals surface area contributed by atoms with Crippen LogP contribution in [0.15, 0.2) is 170 Å². The smallest absolute Gasteiger partial charge is 0.456 e. The van der Waals surface area contributed by atoms with E-state index in [2.05, 4.69) is 141 Å². The van der Waals surface area contributed by atoms with Gasteiger partial charge in [-0.15, -0.1) is 0 Å². The first-order chi connectivity index (χ1) is 28.4. The number of aromatic nitrogens is 5. The van der Waals surface area contributed by atoms with Gasteiger partial charge in [0.2, 0.25) is 11.4 Å². The first-order valence-electron chi connectivity index (χ1n) is 19.2. The number of nitrogens with zero attached hydrogens (tertiary/aromatic N) is 7. The van der Waals surface area contributed by atoms with Crippen molar-refractivity contribution in [1.82, 2.24) is 24.5 Å². The summed E-state index contributed by atoms with van der Waals surface area (Å²) in [6, 6.07) is 55.0. The summed E-state index contributed by atoms with van der Waals surface area (Å²) in [6.07, 6.45) is 5.81. The van der Waals surface area contributed by atoms with Gasteiger partial charge in [-0.2, -0.15) is 0 Å². The quantitative estimate of drug-likeness (QED) is 0.145. The van der Waals surface area contributed by atoms with Crippen LogP contribution in [-0.4, -0.2) is 39.7 Å². The highest BCUT2D eigenvalue weighted by atomic mass is 16.5. The van der Waals surface area contributed by atoms with Gasteiger partial charge < -0.3 is 4.74 Å². The molecule has 0 fully saturated rings. The Labute approximate surface area is 335 Å². The van der Waals surface area contributed by atoms with E-state index in [4.69, 9.17) is 24.7 Å². The Morgan fingerprint density at radius 3 is 1.81 bits per heavy atom. The second kappa shape index (κ2) is 14.4. The van der Waals surface area contributed by atoms with Gasteiger partial charge >= 0.3 is 6.01 Å². The SMILES string of the molecule is Cc1ccc(-c2nc(-c3ccc(C)cc3)nc(-c3cc4c5ccccc5n(-c5ccccn5)c4cc3Oc3cccc([N+]4=C=[N+](c5ccc(C)cc5)C=C4)c3)n2)cc1. The van der Waals surface area contributed by atoms with Crippen molar-refractivity contribution in [1.29, 1.82) is 0 Å². The molecule has 0 spiro atoms. The van der Waals surface area contributed by atoms with Crippen molar-refractivity contribution in [3.63, 3.8) is 0 Å². The standard InChI is InChI=1S/C50H37N7O/c1-33-14-20-36(21-15-33)48-52-49(37-22-16-34(2)17-23-37)54-50(53-48)43-30-42-41-11-4-5-12-44(41)57(47-13-6-7-26-51-47)45(42)31-46(43)58-40-10-8-9-39(29-40)56-28-27-55(32-56)38-24-18-35(3)19-25-38/h4-31H,1-3H3/q+2. The summed E-state index contributed by atoms with van der Waals surface area (Å²) in [5.41, 5.74) is 9.97. The molecule has 4 heterocycles. The lowest BCUT2D eigenvalue weighted by atomic mass is 10.1. The largest absolute Gasteiger partial charge is 0.501 e. The number of rotatable bonds is 8. The van der Waals surface area contributed by atoms with Crippen LogP contribution in [-0.2, 0) is 0 Å². The molecule has 58 heavy (non-hydrogen) atoms. The molecular formula is C50H37N7O+2. The molecule has 1 aliphatic heterocycles. The van der Waals surface area contributed by atoms with Gasteiger partial charge in [-0.05, 0) is 51.1 Å². The van der Waals surface area contributed by atoms with Gasteiger partial charge in [-0.25, -0.2) is 19.9 Å². The second-order valence-electron chi connectivity index (χ2n) is 14.5. The van der Waals surface area contributed by atoms with E-state index in [1.165, 1.54) is 5.56 Å². The highest BCUT2D eigenvalue weighted by Gasteiger charge is 2.24. The summed E-state index contributed by atoms with van der Waals surface area (Å²) in [6.45, 7) is 6.24. The summed E-state index contributed by atoms with van der Waals surface area (Å²) < 4.78 is 13.1. The highest BCUT2D eigenvalue weighted by molar-refractivity contribution is 6.11. The third kappa shape index (κ3) is 6.53. The van der Waals surface area contributed by atoms with Crippen molar-refractivity contribution in [2.24, 2.45) is 0 Å². The predicted molar refractivity (Wildman–Crippen MR) is 229 cm³/mol. The van der Waals surface area contributed by atoms with Gasteiger partial charge in [0, 0.05) is 52.4 Å². The van der Waals surface area contributed by atoms with Crippen molar-refractivity contribution in [3.05, 3.63) is 187 Å². The zero-order valence-electron chi connectivity index (χ0n) is 32.2. The number of hydrogen-bond acceptors (Lipinski definition) is 5. The van der Waals surface area contributed by atoms with Gasteiger partial charge in [-0.3, -0.25) is 4.57 Å². The lowest BCUT2D eigenvalue weighted by molar-refractivity contribution is -0.387. The maximum absolute atomic E-state index is 6.98. The van der Waals surface area contributed by atoms with Crippen molar-refractivity contribution in [2.45, 2.75) is 20.8 Å². The van der Waals surface area contributed by atoms with Crippen LogP contribution in [0.4, 0.5) is 11.4 Å². The Hall–Kier alpha value is -7.80. The van der Waals surface area contributed by atoms with Crippen LogP contribution < -0.4 is 4.74 Å². The minimum absolute atomic E-state index is 0.502. The van der Waals surface area contributed by atoms with Crippen LogP contribution >= 0.6 is 0 Å². The Morgan fingerprint density at radius 2 is 1.14 bits per heavy atom. The zero-order valence-corrected chi connectivity index (χ0v) is 32.2. The van der Waals surface area contributed by atoms with E-state index in [9.17, 15) is 0 Å². The third-order valence-corrected chi connectivity index (χ3v) is 10.4. The molecular weight excluding hydrogens is 715 g/mol. The Kier molecular flexibility index (Phi) is 8.59. The minimum Gasteiger partial charge on any atom is -0.456 e. The molecule has 6 aromatic carbocycles. The third-order valence-electron chi connectivity index (χ3n) is 10.4. The fraction of sp³-hybridized carbons (Fsp3) is 0.0600. The van der Waals surface area contributed by atoms with Gasteiger partial charge in [-0.1, -0.05) is 117 Å². The fourth-order valence-electron chi connectivity index (χ4n) is 7.28. The number of hydrogen-bond donors (Lipinski definition) is 0. The Bertz CT molecular complexity index is 3060. The van der Waals surface area contributed by atoms with Crippen molar-refractivity contribution < 1.29 is 13.9 Å². The van der Waals surface area contributed by atoms with E-state index in [1.807, 2.05) is 70.2 Å². The number of benzene rings is 6. The summed E-state index contributed by atoms with van der Waals surface area (Å²) >= 11 is 0. The first-order valence-corrected chi connectivity index (χ1v) is 19.2. The number of aryl methyl sites for hydroxylation is 3. The molecule has 0 saturated carbocycles. The lowest BCUT2D eigenvalue weighted by Gasteiger charge is -2.14. The second-order valence-corrected chi connectivity index (χ2v) is 14.5. The van der Waals surface area contributed by atoms with Crippen molar-refractivity contribution >= 4 is 39.2 Å². The molecule has 8 heteroatoms. The van der Waals surface area contributed by atoms with E-state index in [-0.39, 0.29) is 0 Å². The summed E-state index contributed by atoms with van der Waals surface area (Å²) in [5.74, 6) is 3.70. The summed E-state index contributed by atoms with van der Waals surface area (Å²) in [4.78, 5) is 20.1. The van der Waals surface area contributed by atoms with Crippen LogP contribution in [0.3, 0.4) is 0 Å². The monoisotopic (exact) mass is 751 g/mol. The summed E-state index contributed by atoms with van der Waals surface area (Å²) in [5, 5.41) is 2.10. The average Bonchev–Trinajstić information content (AvgIpc) is 3.88. The first kappa shape index (κ1) is 34.7. The highest BCUT2D eigenvalue weighted by Crippen LogP contribution is 2.42. The molecule has 0 saturated heterocycles. The van der Waals surface area contributed by atoms with Gasteiger partial charge in [0.25, 0.3) is 12.4 Å². The molecule has 0 bridgehead atoms. The van der Waals surface area contributed by atoms with E-state index in [0.717, 1.165) is 66.8 Å². The number of fused-ring (bicyclic) bond motifs is 3. The normalized spacial score (nSPS) is 12.3. The van der Waals surface area contributed by atoms with E-state index < -0.39 is 0 Å². The Balaban J connectivity index is 1.18. The van der Waals surface area contributed by atoms with Gasteiger partial charge in [0.1, 0.15) is 17.3 Å². The van der Waals surface area contributed by atoms with Crippen LogP contribution in [0.25, 0.3) is 61.8 Å². The maximum Gasteiger partial charge on any atom is 0.501 e. The van der Waals surface area contributed by atoms with Crippen molar-refractivity contribution in [2.75, 3.05) is 0 Å². The Morgan fingerprint density at radius 1 is 0.517 bits per heavy atom. The van der Waals surface area contributed by atoms with Crippen LogP contribution in [0.2, 0.25) is 0 Å². The molecule has 3 aromatic heterocycles. The molecule has 0 amide bonds. The molecule has 1 aliphatic rings. The molecule has 0 atom stereocenters.